The van der Waals surface area contributed by atoms with Crippen molar-refractivity contribution in [2.75, 3.05) is 5.32 Å². The topological polar surface area (TPSA) is 98.3 Å². The third-order valence-electron chi connectivity index (χ3n) is 3.69. The lowest BCUT2D eigenvalue weighted by atomic mass is 9.95. The average molecular weight is 331 g/mol. The van der Waals surface area contributed by atoms with Crippen LogP contribution >= 0.6 is 0 Å². The fraction of sp³-hybridized carbons (Fsp3) is 0.235. The molecular weight excluding hydrogens is 313 g/mol. The van der Waals surface area contributed by atoms with E-state index in [2.05, 4.69) is 5.32 Å². The van der Waals surface area contributed by atoms with Gasteiger partial charge in [-0.1, -0.05) is 26.0 Å². The Hall–Kier alpha value is -2.96. The Balaban J connectivity index is 2.40. The number of nitro benzene ring substituents is 1. The maximum atomic E-state index is 13.1. The molecule has 24 heavy (non-hydrogen) atoms. The quantitative estimate of drug-likeness (QED) is 0.623. The minimum atomic E-state index is -0.733. The lowest BCUT2D eigenvalue weighted by Gasteiger charge is -2.24. The number of primary amides is 1. The summed E-state index contributed by atoms with van der Waals surface area (Å²) in [4.78, 5) is 21.9. The Kier molecular flexibility index (Phi) is 5.13. The van der Waals surface area contributed by atoms with E-state index in [0.717, 1.165) is 11.6 Å². The van der Waals surface area contributed by atoms with Gasteiger partial charge in [0, 0.05) is 11.6 Å². The Bertz CT molecular complexity index is 760. The minimum absolute atomic E-state index is 0.0649. The van der Waals surface area contributed by atoms with Crippen LogP contribution in [0.2, 0.25) is 0 Å². The number of carbonyl (C=O) groups excluding carboxylic acids is 1. The van der Waals surface area contributed by atoms with Crippen LogP contribution < -0.4 is 11.1 Å². The molecule has 3 N–H and O–H groups in total. The molecule has 0 aliphatic rings. The van der Waals surface area contributed by atoms with Crippen LogP contribution in [0.5, 0.6) is 0 Å². The van der Waals surface area contributed by atoms with Crippen LogP contribution in [-0.4, -0.2) is 10.8 Å². The van der Waals surface area contributed by atoms with Crippen molar-refractivity contribution < 1.29 is 14.1 Å². The summed E-state index contributed by atoms with van der Waals surface area (Å²) >= 11 is 0. The summed E-state index contributed by atoms with van der Waals surface area (Å²) in [5, 5.41) is 14.4. The van der Waals surface area contributed by atoms with Crippen LogP contribution in [0.4, 0.5) is 15.8 Å². The molecule has 0 radical (unpaired) electrons. The zero-order valence-corrected chi connectivity index (χ0v) is 13.3. The van der Waals surface area contributed by atoms with Gasteiger partial charge in [0.05, 0.1) is 11.0 Å². The summed E-state index contributed by atoms with van der Waals surface area (Å²) in [6.07, 6.45) is 0. The SMILES string of the molecule is CC(C)C(Nc1ccc(C(N)=O)cc1[N+](=O)[O-])c1ccc(F)cc1. The summed E-state index contributed by atoms with van der Waals surface area (Å²) in [6, 6.07) is 9.73. The van der Waals surface area contributed by atoms with Crippen LogP contribution in [0.15, 0.2) is 42.5 Å². The van der Waals surface area contributed by atoms with E-state index >= 15 is 0 Å². The molecule has 126 valence electrons. The molecule has 1 atom stereocenters. The second-order valence-electron chi connectivity index (χ2n) is 5.77. The molecule has 0 fully saturated rings. The number of nitrogens with zero attached hydrogens (tertiary/aromatic N) is 1. The number of anilines is 1. The highest BCUT2D eigenvalue weighted by atomic mass is 19.1. The van der Waals surface area contributed by atoms with Crippen molar-refractivity contribution >= 4 is 17.3 Å². The molecule has 0 heterocycles. The van der Waals surface area contributed by atoms with E-state index in [9.17, 15) is 19.3 Å². The highest BCUT2D eigenvalue weighted by Gasteiger charge is 2.22. The number of nitrogens with two attached hydrogens (primary N) is 1. The number of nitro groups is 1. The smallest absolute Gasteiger partial charge is 0.293 e. The maximum absolute atomic E-state index is 13.1. The Morgan fingerprint density at radius 2 is 1.83 bits per heavy atom. The van der Waals surface area contributed by atoms with Gasteiger partial charge in [0.1, 0.15) is 11.5 Å². The average Bonchev–Trinajstić information content (AvgIpc) is 2.53. The monoisotopic (exact) mass is 331 g/mol. The standard InChI is InChI=1S/C17H18FN3O3/c1-10(2)16(11-3-6-13(18)7-4-11)20-14-8-5-12(17(19)22)9-15(14)21(23)24/h3-10,16,20H,1-2H3,(H2,19,22). The second-order valence-corrected chi connectivity index (χ2v) is 5.77. The number of carbonyl (C=O) groups is 1. The van der Waals surface area contributed by atoms with E-state index in [1.54, 1.807) is 12.1 Å². The van der Waals surface area contributed by atoms with Gasteiger partial charge in [-0.3, -0.25) is 14.9 Å². The van der Waals surface area contributed by atoms with E-state index in [1.165, 1.54) is 24.3 Å². The highest BCUT2D eigenvalue weighted by Crippen LogP contribution is 2.32. The third kappa shape index (κ3) is 3.87. The molecule has 0 spiro atoms. The minimum Gasteiger partial charge on any atom is -0.372 e. The Morgan fingerprint density at radius 3 is 2.33 bits per heavy atom. The van der Waals surface area contributed by atoms with Gasteiger partial charge in [-0.2, -0.15) is 0 Å². The van der Waals surface area contributed by atoms with Crippen molar-refractivity contribution in [3.8, 4) is 0 Å². The van der Waals surface area contributed by atoms with E-state index in [-0.39, 0.29) is 34.7 Å². The molecule has 0 aliphatic carbocycles. The van der Waals surface area contributed by atoms with Crippen LogP contribution in [0.25, 0.3) is 0 Å². The Labute approximate surface area is 138 Å². The molecule has 7 heteroatoms. The Morgan fingerprint density at radius 1 is 1.21 bits per heavy atom. The molecule has 2 aromatic rings. The molecular formula is C17H18FN3O3. The molecule has 2 rings (SSSR count). The van der Waals surface area contributed by atoms with Crippen LogP contribution in [-0.2, 0) is 0 Å². The van der Waals surface area contributed by atoms with Gasteiger partial charge in [-0.25, -0.2) is 4.39 Å². The molecule has 0 bridgehead atoms. The first kappa shape index (κ1) is 17.4. The van der Waals surface area contributed by atoms with Gasteiger partial charge < -0.3 is 11.1 Å². The first-order valence-corrected chi connectivity index (χ1v) is 7.40. The van der Waals surface area contributed by atoms with E-state index in [1.807, 2.05) is 13.8 Å². The molecule has 0 aliphatic heterocycles. The fourth-order valence-electron chi connectivity index (χ4n) is 2.43. The number of amides is 1. The van der Waals surface area contributed by atoms with Gasteiger partial charge in [0.2, 0.25) is 5.91 Å². The van der Waals surface area contributed by atoms with Crippen molar-refractivity contribution in [3.63, 3.8) is 0 Å². The summed E-state index contributed by atoms with van der Waals surface area (Å²) in [5.74, 6) is -0.993. The molecule has 0 saturated carbocycles. The number of hydrogen-bond donors (Lipinski definition) is 2. The van der Waals surface area contributed by atoms with Crippen molar-refractivity contribution in [1.29, 1.82) is 0 Å². The number of benzene rings is 2. The van der Waals surface area contributed by atoms with E-state index in [0.29, 0.717) is 0 Å². The van der Waals surface area contributed by atoms with Gasteiger partial charge in [-0.05, 0) is 35.7 Å². The van der Waals surface area contributed by atoms with Crippen LogP contribution in [0.3, 0.4) is 0 Å². The summed E-state index contributed by atoms with van der Waals surface area (Å²) in [7, 11) is 0. The normalized spacial score (nSPS) is 12.0. The van der Waals surface area contributed by atoms with Crippen LogP contribution in [0.1, 0.15) is 35.8 Å². The third-order valence-corrected chi connectivity index (χ3v) is 3.69. The van der Waals surface area contributed by atoms with Gasteiger partial charge in [0.25, 0.3) is 5.69 Å². The van der Waals surface area contributed by atoms with Crippen molar-refractivity contribution in [1.82, 2.24) is 0 Å². The molecule has 6 nitrogen and oxygen atoms in total. The van der Waals surface area contributed by atoms with Crippen molar-refractivity contribution in [3.05, 3.63) is 69.5 Å². The molecule has 0 saturated heterocycles. The van der Waals surface area contributed by atoms with E-state index < -0.39 is 10.8 Å². The number of halogens is 1. The molecule has 0 aromatic heterocycles. The van der Waals surface area contributed by atoms with E-state index in [4.69, 9.17) is 5.73 Å². The van der Waals surface area contributed by atoms with Gasteiger partial charge in [0.15, 0.2) is 0 Å². The predicted octanol–water partition coefficient (Wildman–Crippen LogP) is 3.64. The highest BCUT2D eigenvalue weighted by molar-refractivity contribution is 5.94. The van der Waals surface area contributed by atoms with Crippen molar-refractivity contribution in [2.45, 2.75) is 19.9 Å². The maximum Gasteiger partial charge on any atom is 0.293 e. The summed E-state index contributed by atoms with van der Waals surface area (Å²) in [6.45, 7) is 3.90. The fourth-order valence-corrected chi connectivity index (χ4v) is 2.43. The second kappa shape index (κ2) is 7.08. The van der Waals surface area contributed by atoms with Gasteiger partial charge >= 0.3 is 0 Å². The van der Waals surface area contributed by atoms with Gasteiger partial charge in [-0.15, -0.1) is 0 Å². The zero-order valence-electron chi connectivity index (χ0n) is 13.3. The molecule has 2 aromatic carbocycles. The first-order chi connectivity index (χ1) is 11.3. The largest absolute Gasteiger partial charge is 0.372 e. The molecule has 1 unspecified atom stereocenters. The lowest BCUT2D eigenvalue weighted by Crippen LogP contribution is -2.18. The molecule has 1 amide bonds. The zero-order chi connectivity index (χ0) is 17.9. The summed E-state index contributed by atoms with van der Waals surface area (Å²) in [5.41, 5.74) is 6.07. The van der Waals surface area contributed by atoms with Crippen molar-refractivity contribution in [2.24, 2.45) is 11.7 Å². The predicted molar refractivity (Wildman–Crippen MR) is 89.2 cm³/mol. The number of hydrogen-bond acceptors (Lipinski definition) is 4. The van der Waals surface area contributed by atoms with Crippen LogP contribution in [0, 0.1) is 21.8 Å². The number of nitrogens with one attached hydrogen (secondary N) is 1. The summed E-state index contributed by atoms with van der Waals surface area (Å²) < 4.78 is 13.1. The lowest BCUT2D eigenvalue weighted by molar-refractivity contribution is -0.384. The first-order valence-electron chi connectivity index (χ1n) is 7.40. The number of rotatable bonds is 6.